The minimum absolute atomic E-state index is 0.192. The molecular formula is C12H16O3. The maximum atomic E-state index is 10.8. The lowest BCUT2D eigenvalue weighted by Gasteiger charge is -2.07. The summed E-state index contributed by atoms with van der Waals surface area (Å²) in [5.41, 5.74) is 1.15. The molecule has 0 unspecified atom stereocenters. The second-order valence-corrected chi connectivity index (χ2v) is 3.24. The molecule has 82 valence electrons. The summed E-state index contributed by atoms with van der Waals surface area (Å²) in [7, 11) is 0. The number of esters is 1. The van der Waals surface area contributed by atoms with E-state index in [4.69, 9.17) is 9.47 Å². The summed E-state index contributed by atoms with van der Waals surface area (Å²) >= 11 is 0. The lowest BCUT2D eigenvalue weighted by Crippen LogP contribution is -2.11. The highest BCUT2D eigenvalue weighted by Gasteiger charge is 1.98. The van der Waals surface area contributed by atoms with Crippen molar-refractivity contribution in [2.75, 3.05) is 13.2 Å². The van der Waals surface area contributed by atoms with E-state index in [-0.39, 0.29) is 5.97 Å². The number of benzene rings is 1. The summed E-state index contributed by atoms with van der Waals surface area (Å²) in [5, 5.41) is 0. The summed E-state index contributed by atoms with van der Waals surface area (Å²) in [4.78, 5) is 10.8. The van der Waals surface area contributed by atoms with Crippen LogP contribution in [0.2, 0.25) is 0 Å². The second-order valence-electron chi connectivity index (χ2n) is 3.24. The van der Waals surface area contributed by atoms with Gasteiger partial charge in [0.1, 0.15) is 19.0 Å². The normalized spacial score (nSPS) is 9.73. The second kappa shape index (κ2) is 6.06. The first kappa shape index (κ1) is 11.6. The van der Waals surface area contributed by atoms with Gasteiger partial charge < -0.3 is 9.47 Å². The van der Waals surface area contributed by atoms with E-state index in [1.54, 1.807) is 6.92 Å². The number of hydrogen-bond acceptors (Lipinski definition) is 3. The molecule has 0 aliphatic rings. The molecule has 0 amide bonds. The van der Waals surface area contributed by atoms with Gasteiger partial charge in [-0.15, -0.1) is 0 Å². The molecule has 0 aromatic heterocycles. The van der Waals surface area contributed by atoms with Crippen LogP contribution in [0.4, 0.5) is 0 Å². The predicted octanol–water partition coefficient (Wildman–Crippen LogP) is 2.33. The Hall–Kier alpha value is -1.51. The Morgan fingerprint density at radius 3 is 2.80 bits per heavy atom. The molecule has 0 N–H and O–H groups in total. The van der Waals surface area contributed by atoms with Crippen molar-refractivity contribution in [1.29, 1.82) is 0 Å². The fourth-order valence-corrected chi connectivity index (χ4v) is 1.12. The Balaban J connectivity index is 2.23. The Bertz CT molecular complexity index is 320. The predicted molar refractivity (Wildman–Crippen MR) is 57.9 cm³/mol. The maximum absolute atomic E-state index is 10.8. The molecule has 1 rings (SSSR count). The maximum Gasteiger partial charge on any atom is 0.305 e. The van der Waals surface area contributed by atoms with Crippen molar-refractivity contribution >= 4 is 5.97 Å². The molecule has 0 saturated carbocycles. The van der Waals surface area contributed by atoms with Gasteiger partial charge in [0, 0.05) is 6.42 Å². The van der Waals surface area contributed by atoms with Gasteiger partial charge in [-0.1, -0.05) is 19.1 Å². The molecule has 0 fully saturated rings. The van der Waals surface area contributed by atoms with Crippen LogP contribution in [0.25, 0.3) is 0 Å². The Kier molecular flexibility index (Phi) is 4.68. The van der Waals surface area contributed by atoms with Crippen molar-refractivity contribution in [3.8, 4) is 5.75 Å². The molecule has 1 aromatic carbocycles. The molecule has 0 heterocycles. The van der Waals surface area contributed by atoms with Gasteiger partial charge >= 0.3 is 5.97 Å². The standard InChI is InChI=1S/C12H16O3/c1-3-12(13)15-8-7-14-11-6-4-5-10(2)9-11/h4-6,9H,3,7-8H2,1-2H3. The van der Waals surface area contributed by atoms with Crippen molar-refractivity contribution in [2.45, 2.75) is 20.3 Å². The molecule has 0 aliphatic heterocycles. The minimum atomic E-state index is -0.192. The molecule has 0 saturated heterocycles. The van der Waals surface area contributed by atoms with Gasteiger partial charge in [0.2, 0.25) is 0 Å². The van der Waals surface area contributed by atoms with Crippen molar-refractivity contribution < 1.29 is 14.3 Å². The van der Waals surface area contributed by atoms with Crippen LogP contribution >= 0.6 is 0 Å². The first-order valence-corrected chi connectivity index (χ1v) is 5.07. The Morgan fingerprint density at radius 1 is 1.33 bits per heavy atom. The van der Waals surface area contributed by atoms with Crippen molar-refractivity contribution in [3.63, 3.8) is 0 Å². The average molecular weight is 208 g/mol. The number of hydrogen-bond donors (Lipinski definition) is 0. The molecule has 0 atom stereocenters. The molecule has 0 aliphatic carbocycles. The lowest BCUT2D eigenvalue weighted by molar-refractivity contribution is -0.143. The molecule has 0 bridgehead atoms. The van der Waals surface area contributed by atoms with Crippen LogP contribution in [0, 0.1) is 6.92 Å². The van der Waals surface area contributed by atoms with Crippen LogP contribution in [0.15, 0.2) is 24.3 Å². The highest BCUT2D eigenvalue weighted by atomic mass is 16.6. The quantitative estimate of drug-likeness (QED) is 0.550. The van der Waals surface area contributed by atoms with Crippen molar-refractivity contribution in [3.05, 3.63) is 29.8 Å². The van der Waals surface area contributed by atoms with Crippen LogP contribution in [-0.2, 0) is 9.53 Å². The first-order chi connectivity index (χ1) is 7.22. The van der Waals surface area contributed by atoms with Crippen LogP contribution in [0.5, 0.6) is 5.75 Å². The third-order valence-corrected chi connectivity index (χ3v) is 1.89. The third kappa shape index (κ3) is 4.49. The molecule has 1 aromatic rings. The van der Waals surface area contributed by atoms with Crippen molar-refractivity contribution in [2.24, 2.45) is 0 Å². The molecule has 3 nitrogen and oxygen atoms in total. The van der Waals surface area contributed by atoms with Crippen molar-refractivity contribution in [1.82, 2.24) is 0 Å². The number of carbonyl (C=O) groups excluding carboxylic acids is 1. The molecule has 15 heavy (non-hydrogen) atoms. The minimum Gasteiger partial charge on any atom is -0.490 e. The van der Waals surface area contributed by atoms with Crippen LogP contribution in [0.3, 0.4) is 0 Å². The van der Waals surface area contributed by atoms with Gasteiger partial charge in [-0.05, 0) is 24.6 Å². The van der Waals surface area contributed by atoms with E-state index in [1.165, 1.54) is 0 Å². The Morgan fingerprint density at radius 2 is 2.13 bits per heavy atom. The zero-order chi connectivity index (χ0) is 11.1. The summed E-state index contributed by atoms with van der Waals surface area (Å²) in [6, 6.07) is 7.77. The Labute approximate surface area is 90.0 Å². The van der Waals surface area contributed by atoms with Gasteiger partial charge in [0.25, 0.3) is 0 Å². The SMILES string of the molecule is CCC(=O)OCCOc1cccc(C)c1. The smallest absolute Gasteiger partial charge is 0.305 e. The first-order valence-electron chi connectivity index (χ1n) is 5.07. The number of ether oxygens (including phenoxy) is 2. The van der Waals surface area contributed by atoms with E-state index in [0.29, 0.717) is 19.6 Å². The topological polar surface area (TPSA) is 35.5 Å². The average Bonchev–Trinajstić information content (AvgIpc) is 2.24. The van der Waals surface area contributed by atoms with E-state index in [0.717, 1.165) is 11.3 Å². The van der Waals surface area contributed by atoms with Gasteiger partial charge in [0.15, 0.2) is 0 Å². The third-order valence-electron chi connectivity index (χ3n) is 1.89. The molecule has 0 spiro atoms. The van der Waals surface area contributed by atoms with Crippen LogP contribution < -0.4 is 4.74 Å². The summed E-state index contributed by atoms with van der Waals surface area (Å²) in [6.45, 7) is 4.48. The van der Waals surface area contributed by atoms with Gasteiger partial charge in [0.05, 0.1) is 0 Å². The van der Waals surface area contributed by atoms with E-state index >= 15 is 0 Å². The van der Waals surface area contributed by atoms with Gasteiger partial charge in [-0.3, -0.25) is 4.79 Å². The highest BCUT2D eigenvalue weighted by Crippen LogP contribution is 2.11. The largest absolute Gasteiger partial charge is 0.490 e. The molecular weight excluding hydrogens is 192 g/mol. The number of carbonyl (C=O) groups is 1. The van der Waals surface area contributed by atoms with Gasteiger partial charge in [-0.2, -0.15) is 0 Å². The lowest BCUT2D eigenvalue weighted by atomic mass is 10.2. The van der Waals surface area contributed by atoms with E-state index in [1.807, 2.05) is 31.2 Å². The molecule has 3 heteroatoms. The summed E-state index contributed by atoms with van der Waals surface area (Å²) in [5.74, 6) is 0.616. The summed E-state index contributed by atoms with van der Waals surface area (Å²) in [6.07, 6.45) is 0.407. The number of aryl methyl sites for hydroxylation is 1. The van der Waals surface area contributed by atoms with Crippen LogP contribution in [0.1, 0.15) is 18.9 Å². The summed E-state index contributed by atoms with van der Waals surface area (Å²) < 4.78 is 10.3. The molecule has 0 radical (unpaired) electrons. The van der Waals surface area contributed by atoms with E-state index in [9.17, 15) is 4.79 Å². The van der Waals surface area contributed by atoms with Crippen LogP contribution in [-0.4, -0.2) is 19.2 Å². The zero-order valence-corrected chi connectivity index (χ0v) is 9.16. The van der Waals surface area contributed by atoms with E-state index < -0.39 is 0 Å². The van der Waals surface area contributed by atoms with E-state index in [2.05, 4.69) is 0 Å². The number of rotatable bonds is 5. The fourth-order valence-electron chi connectivity index (χ4n) is 1.12. The monoisotopic (exact) mass is 208 g/mol. The van der Waals surface area contributed by atoms with Gasteiger partial charge in [-0.25, -0.2) is 0 Å². The zero-order valence-electron chi connectivity index (χ0n) is 9.16. The fraction of sp³-hybridized carbons (Fsp3) is 0.417. The highest BCUT2D eigenvalue weighted by molar-refractivity contribution is 5.68.